The van der Waals surface area contributed by atoms with E-state index in [4.69, 9.17) is 5.73 Å². The molecule has 0 aliphatic carbocycles. The lowest BCUT2D eigenvalue weighted by molar-refractivity contribution is 0.215. The SMILES string of the molecule is CON=Cc1[c]cc(CN)cc1. The molecule has 1 radical (unpaired) electrons. The van der Waals surface area contributed by atoms with Crippen LogP contribution in [0, 0.1) is 6.07 Å². The largest absolute Gasteiger partial charge is 0.399 e. The molecule has 0 spiro atoms. The molecule has 0 aliphatic rings. The second-order valence-electron chi connectivity index (χ2n) is 2.27. The third kappa shape index (κ3) is 2.36. The molecule has 0 heterocycles. The van der Waals surface area contributed by atoms with Gasteiger partial charge in [0.25, 0.3) is 0 Å². The van der Waals surface area contributed by atoms with Crippen molar-refractivity contribution in [3.05, 3.63) is 35.4 Å². The van der Waals surface area contributed by atoms with Crippen molar-refractivity contribution in [2.45, 2.75) is 6.54 Å². The Hall–Kier alpha value is -1.35. The summed E-state index contributed by atoms with van der Waals surface area (Å²) >= 11 is 0. The van der Waals surface area contributed by atoms with Gasteiger partial charge in [-0.3, -0.25) is 0 Å². The number of rotatable bonds is 3. The van der Waals surface area contributed by atoms with E-state index in [0.29, 0.717) is 6.54 Å². The van der Waals surface area contributed by atoms with E-state index in [0.717, 1.165) is 11.1 Å². The van der Waals surface area contributed by atoms with Gasteiger partial charge in [-0.05, 0) is 17.7 Å². The maximum absolute atomic E-state index is 5.42. The molecule has 0 atom stereocenters. The van der Waals surface area contributed by atoms with E-state index < -0.39 is 0 Å². The van der Waals surface area contributed by atoms with Gasteiger partial charge in [0.2, 0.25) is 0 Å². The van der Waals surface area contributed by atoms with Crippen molar-refractivity contribution >= 4 is 6.21 Å². The summed E-state index contributed by atoms with van der Waals surface area (Å²) in [6, 6.07) is 8.69. The molecule has 0 unspecified atom stereocenters. The summed E-state index contributed by atoms with van der Waals surface area (Å²) in [5, 5.41) is 3.61. The molecule has 0 aliphatic heterocycles. The minimum Gasteiger partial charge on any atom is -0.399 e. The normalized spacial score (nSPS) is 10.5. The lowest BCUT2D eigenvalue weighted by atomic mass is 10.1. The van der Waals surface area contributed by atoms with Crippen molar-refractivity contribution in [3.8, 4) is 0 Å². The van der Waals surface area contributed by atoms with Crippen molar-refractivity contribution < 1.29 is 4.84 Å². The van der Waals surface area contributed by atoms with Crippen molar-refractivity contribution in [1.82, 2.24) is 0 Å². The highest BCUT2D eigenvalue weighted by molar-refractivity contribution is 5.78. The van der Waals surface area contributed by atoms with Gasteiger partial charge in [-0.1, -0.05) is 17.3 Å². The quantitative estimate of drug-likeness (QED) is 0.532. The third-order valence-electron chi connectivity index (χ3n) is 1.43. The average Bonchev–Trinajstić information content (AvgIpc) is 2.15. The Balaban J connectivity index is 2.71. The van der Waals surface area contributed by atoms with E-state index in [1.807, 2.05) is 18.2 Å². The zero-order valence-corrected chi connectivity index (χ0v) is 6.95. The summed E-state index contributed by atoms with van der Waals surface area (Å²) in [5.74, 6) is 0. The second-order valence-corrected chi connectivity index (χ2v) is 2.27. The Morgan fingerprint density at radius 3 is 3.00 bits per heavy atom. The minimum atomic E-state index is 0.540. The van der Waals surface area contributed by atoms with Crippen LogP contribution in [0.5, 0.6) is 0 Å². The predicted molar refractivity (Wildman–Crippen MR) is 47.8 cm³/mol. The Morgan fingerprint density at radius 2 is 2.50 bits per heavy atom. The highest BCUT2D eigenvalue weighted by Gasteiger charge is 1.89. The van der Waals surface area contributed by atoms with Crippen molar-refractivity contribution in [1.29, 1.82) is 0 Å². The first-order chi connectivity index (χ1) is 5.86. The highest BCUT2D eigenvalue weighted by Crippen LogP contribution is 2.00. The molecule has 1 rings (SSSR count). The molecule has 2 N–H and O–H groups in total. The molecule has 63 valence electrons. The van der Waals surface area contributed by atoms with Gasteiger partial charge in [0.15, 0.2) is 0 Å². The number of benzene rings is 1. The smallest absolute Gasteiger partial charge is 0.106 e. The summed E-state index contributed by atoms with van der Waals surface area (Å²) < 4.78 is 0. The van der Waals surface area contributed by atoms with E-state index in [9.17, 15) is 0 Å². The summed E-state index contributed by atoms with van der Waals surface area (Å²) in [5.41, 5.74) is 7.36. The maximum Gasteiger partial charge on any atom is 0.106 e. The van der Waals surface area contributed by atoms with Gasteiger partial charge in [0.05, 0.1) is 6.21 Å². The first-order valence-electron chi connectivity index (χ1n) is 3.64. The summed E-state index contributed by atoms with van der Waals surface area (Å²) in [7, 11) is 1.50. The zero-order chi connectivity index (χ0) is 8.81. The fraction of sp³-hybridized carbons (Fsp3) is 0.222. The topological polar surface area (TPSA) is 47.6 Å². The molecule has 1 aromatic rings. The highest BCUT2D eigenvalue weighted by atomic mass is 16.6. The molecule has 3 nitrogen and oxygen atoms in total. The standard InChI is InChI=1S/C9H11N2O/c1-12-11-7-9-4-2-8(6-10)3-5-9/h2-4,7H,6,10H2,1H3. The predicted octanol–water partition coefficient (Wildman–Crippen LogP) is 0.926. The van der Waals surface area contributed by atoms with Gasteiger partial charge < -0.3 is 10.6 Å². The van der Waals surface area contributed by atoms with Gasteiger partial charge in [-0.25, -0.2) is 0 Å². The number of hydrogen-bond acceptors (Lipinski definition) is 3. The van der Waals surface area contributed by atoms with Gasteiger partial charge in [0, 0.05) is 12.1 Å². The average molecular weight is 163 g/mol. The molecule has 0 saturated carbocycles. The van der Waals surface area contributed by atoms with Crippen LogP contribution < -0.4 is 5.73 Å². The van der Waals surface area contributed by atoms with Gasteiger partial charge in [-0.15, -0.1) is 0 Å². The lowest BCUT2D eigenvalue weighted by Gasteiger charge is -1.95. The van der Waals surface area contributed by atoms with Crippen LogP contribution >= 0.6 is 0 Å². The van der Waals surface area contributed by atoms with E-state index in [-0.39, 0.29) is 0 Å². The molecular weight excluding hydrogens is 152 g/mol. The first-order valence-corrected chi connectivity index (χ1v) is 3.64. The van der Waals surface area contributed by atoms with Crippen LogP contribution in [-0.2, 0) is 11.4 Å². The molecule has 0 bridgehead atoms. The first kappa shape index (κ1) is 8.74. The zero-order valence-electron chi connectivity index (χ0n) is 6.95. The molecule has 0 saturated heterocycles. The molecule has 0 aromatic heterocycles. The third-order valence-corrected chi connectivity index (χ3v) is 1.43. The van der Waals surface area contributed by atoms with Crippen molar-refractivity contribution in [2.75, 3.05) is 7.11 Å². The number of hydrogen-bond donors (Lipinski definition) is 1. The number of oxime groups is 1. The van der Waals surface area contributed by atoms with E-state index in [1.165, 1.54) is 7.11 Å². The Morgan fingerprint density at radius 1 is 1.67 bits per heavy atom. The molecule has 0 amide bonds. The molecule has 12 heavy (non-hydrogen) atoms. The monoisotopic (exact) mass is 163 g/mol. The number of nitrogens with two attached hydrogens (primary N) is 1. The molecule has 3 heteroatoms. The summed E-state index contributed by atoms with van der Waals surface area (Å²) in [6.45, 7) is 0.540. The van der Waals surface area contributed by atoms with Gasteiger partial charge in [0.1, 0.15) is 7.11 Å². The van der Waals surface area contributed by atoms with Crippen molar-refractivity contribution in [3.63, 3.8) is 0 Å². The second kappa shape index (κ2) is 4.51. The minimum absolute atomic E-state index is 0.540. The van der Waals surface area contributed by atoms with E-state index >= 15 is 0 Å². The number of nitrogens with zero attached hydrogens (tertiary/aromatic N) is 1. The Labute approximate surface area is 71.8 Å². The Bertz CT molecular complexity index is 254. The summed E-state index contributed by atoms with van der Waals surface area (Å²) in [6.07, 6.45) is 1.60. The molecular formula is C9H11N2O. The lowest BCUT2D eigenvalue weighted by Crippen LogP contribution is -1.95. The maximum atomic E-state index is 5.42. The summed E-state index contributed by atoms with van der Waals surface area (Å²) in [4.78, 5) is 4.53. The molecule has 1 aromatic carbocycles. The van der Waals surface area contributed by atoms with Crippen LogP contribution in [-0.4, -0.2) is 13.3 Å². The van der Waals surface area contributed by atoms with Gasteiger partial charge >= 0.3 is 0 Å². The fourth-order valence-electron chi connectivity index (χ4n) is 0.786. The van der Waals surface area contributed by atoms with Crippen LogP contribution in [0.1, 0.15) is 11.1 Å². The Kier molecular flexibility index (Phi) is 3.29. The van der Waals surface area contributed by atoms with E-state index in [1.54, 1.807) is 6.21 Å². The van der Waals surface area contributed by atoms with Crippen LogP contribution in [0.4, 0.5) is 0 Å². The van der Waals surface area contributed by atoms with E-state index in [2.05, 4.69) is 16.1 Å². The van der Waals surface area contributed by atoms with Crippen molar-refractivity contribution in [2.24, 2.45) is 10.9 Å². The van der Waals surface area contributed by atoms with Crippen LogP contribution in [0.3, 0.4) is 0 Å². The van der Waals surface area contributed by atoms with Gasteiger partial charge in [-0.2, -0.15) is 0 Å². The molecule has 0 fully saturated rings. The van der Waals surface area contributed by atoms with Crippen LogP contribution in [0.15, 0.2) is 23.4 Å². The fourth-order valence-corrected chi connectivity index (χ4v) is 0.786. The van der Waals surface area contributed by atoms with Crippen LogP contribution in [0.2, 0.25) is 0 Å². The van der Waals surface area contributed by atoms with Crippen LogP contribution in [0.25, 0.3) is 0 Å².